The molecule has 0 saturated carbocycles. The number of hydrogen-bond donors (Lipinski definition) is 0. The zero-order chi connectivity index (χ0) is 9.49. The summed E-state index contributed by atoms with van der Waals surface area (Å²) < 4.78 is 0. The molecular weight excluding hydrogens is 318 g/mol. The third-order valence-corrected chi connectivity index (χ3v) is 0.542. The third kappa shape index (κ3) is 42.1. The molecule has 0 rings (SSSR count). The molecule has 0 aromatic carbocycles. The van der Waals surface area contributed by atoms with Crippen LogP contribution in [0, 0.1) is 11.3 Å². The van der Waals surface area contributed by atoms with Gasteiger partial charge in [-0.05, 0) is 0 Å². The molecule has 0 aromatic rings. The summed E-state index contributed by atoms with van der Waals surface area (Å²) in [4.78, 5) is 19.1. The molecule has 0 saturated heterocycles. The summed E-state index contributed by atoms with van der Waals surface area (Å²) in [6, 6.07) is 0. The molecule has 2 radical (unpaired) electrons. The van der Waals surface area contributed by atoms with Crippen molar-refractivity contribution in [3.63, 3.8) is 0 Å². The molecule has 0 atom stereocenters. The Labute approximate surface area is 132 Å². The standard InChI is InChI=1S/C5H9O.C4H7O.2Y/c1-5(2,3)4-6;1-4(2)3-5;;/h1-3H3;4H,1-2H3;;/q2*-1;;. The molecular formula is C9H16O2Y2-2. The first-order valence-electron chi connectivity index (χ1n) is 3.60. The summed E-state index contributed by atoms with van der Waals surface area (Å²) >= 11 is 0. The maximum Gasteiger partial charge on any atom is 0 e. The summed E-state index contributed by atoms with van der Waals surface area (Å²) in [5, 5.41) is 0. The molecule has 0 unspecified atom stereocenters. The average molecular weight is 334 g/mol. The van der Waals surface area contributed by atoms with Crippen molar-refractivity contribution < 1.29 is 75.0 Å². The van der Waals surface area contributed by atoms with Crippen LogP contribution in [0.3, 0.4) is 0 Å². The number of hydrogen-bond acceptors (Lipinski definition) is 2. The molecule has 13 heavy (non-hydrogen) atoms. The van der Waals surface area contributed by atoms with Crippen molar-refractivity contribution in [3.05, 3.63) is 0 Å². The van der Waals surface area contributed by atoms with Crippen LogP contribution in [0.2, 0.25) is 0 Å². The molecule has 0 aliphatic carbocycles. The zero-order valence-electron chi connectivity index (χ0n) is 9.05. The van der Waals surface area contributed by atoms with Gasteiger partial charge in [-0.1, -0.05) is 34.6 Å². The smallest absolute Gasteiger partial charge is 0 e. The van der Waals surface area contributed by atoms with E-state index < -0.39 is 0 Å². The second-order valence-electron chi connectivity index (χ2n) is 3.62. The van der Waals surface area contributed by atoms with Crippen molar-refractivity contribution in [2.45, 2.75) is 34.6 Å². The van der Waals surface area contributed by atoms with Gasteiger partial charge in [0.25, 0.3) is 0 Å². The van der Waals surface area contributed by atoms with E-state index in [-0.39, 0.29) is 76.8 Å². The Hall–Kier alpha value is 1.55. The van der Waals surface area contributed by atoms with Gasteiger partial charge in [-0.15, -0.1) is 11.3 Å². The van der Waals surface area contributed by atoms with Crippen molar-refractivity contribution in [3.8, 4) is 0 Å². The number of rotatable bonds is 1. The molecule has 0 bridgehead atoms. The topological polar surface area (TPSA) is 34.1 Å². The fourth-order valence-corrected chi connectivity index (χ4v) is 0. The van der Waals surface area contributed by atoms with Gasteiger partial charge in [-0.2, -0.15) is 0 Å². The van der Waals surface area contributed by atoms with E-state index in [1.165, 1.54) is 0 Å². The molecule has 0 aliphatic heterocycles. The maximum absolute atomic E-state index is 9.70. The van der Waals surface area contributed by atoms with Crippen molar-refractivity contribution in [1.29, 1.82) is 0 Å². The molecule has 72 valence electrons. The molecule has 0 aromatic heterocycles. The largest absolute Gasteiger partial charge is 0.542 e. The summed E-state index contributed by atoms with van der Waals surface area (Å²) in [5.41, 5.74) is -0.264. The second kappa shape index (κ2) is 13.5. The summed E-state index contributed by atoms with van der Waals surface area (Å²) in [6.07, 6.45) is 3.63. The van der Waals surface area contributed by atoms with Crippen LogP contribution in [0.4, 0.5) is 0 Å². The summed E-state index contributed by atoms with van der Waals surface area (Å²) in [7, 11) is 0. The normalized spacial score (nSPS) is 8.46. The van der Waals surface area contributed by atoms with E-state index in [2.05, 4.69) is 0 Å². The molecule has 2 nitrogen and oxygen atoms in total. The van der Waals surface area contributed by atoms with Crippen LogP contribution in [0.5, 0.6) is 0 Å². The van der Waals surface area contributed by atoms with E-state index in [4.69, 9.17) is 0 Å². The van der Waals surface area contributed by atoms with E-state index in [0.29, 0.717) is 0 Å². The van der Waals surface area contributed by atoms with Gasteiger partial charge in [0, 0.05) is 65.4 Å². The first-order chi connectivity index (χ1) is 4.83. The minimum atomic E-state index is -0.264. The molecule has 0 amide bonds. The first kappa shape index (κ1) is 24.0. The van der Waals surface area contributed by atoms with E-state index in [1.807, 2.05) is 27.1 Å². The van der Waals surface area contributed by atoms with Gasteiger partial charge in [-0.3, -0.25) is 12.6 Å². The van der Waals surface area contributed by atoms with Crippen molar-refractivity contribution in [1.82, 2.24) is 0 Å². The fourth-order valence-electron chi connectivity index (χ4n) is 0. The van der Waals surface area contributed by atoms with Crippen LogP contribution in [0.1, 0.15) is 34.6 Å². The Morgan fingerprint density at radius 2 is 1.15 bits per heavy atom. The molecule has 0 heterocycles. The molecule has 0 spiro atoms. The van der Waals surface area contributed by atoms with Gasteiger partial charge < -0.3 is 9.59 Å². The Kier molecular flexibility index (Phi) is 25.0. The third-order valence-electron chi connectivity index (χ3n) is 0.542. The predicted molar refractivity (Wildman–Crippen MR) is 45.7 cm³/mol. The quantitative estimate of drug-likeness (QED) is 0.687. The van der Waals surface area contributed by atoms with E-state index in [9.17, 15) is 9.59 Å². The second-order valence-corrected chi connectivity index (χ2v) is 3.62. The molecule has 0 N–H and O–H groups in total. The molecule has 0 aliphatic rings. The molecule has 4 heteroatoms. The van der Waals surface area contributed by atoms with Gasteiger partial charge in [-0.25, -0.2) is 0 Å². The van der Waals surface area contributed by atoms with Crippen molar-refractivity contribution in [2.24, 2.45) is 11.3 Å². The zero-order valence-corrected chi connectivity index (χ0v) is 14.7. The van der Waals surface area contributed by atoms with Crippen LogP contribution in [0.15, 0.2) is 0 Å². The van der Waals surface area contributed by atoms with Gasteiger partial charge in [0.15, 0.2) is 0 Å². The minimum Gasteiger partial charge on any atom is -0.542 e. The Bertz CT molecular complexity index is 117. The maximum atomic E-state index is 9.70. The van der Waals surface area contributed by atoms with Gasteiger partial charge >= 0.3 is 0 Å². The monoisotopic (exact) mass is 334 g/mol. The summed E-state index contributed by atoms with van der Waals surface area (Å²) in [5.74, 6) is 0.0787. The summed E-state index contributed by atoms with van der Waals surface area (Å²) in [6.45, 7) is 9.06. The van der Waals surface area contributed by atoms with E-state index in [1.54, 1.807) is 20.1 Å². The Morgan fingerprint density at radius 1 is 1.00 bits per heavy atom. The van der Waals surface area contributed by atoms with Gasteiger partial charge in [0.05, 0.1) is 0 Å². The fraction of sp³-hybridized carbons (Fsp3) is 0.778. The van der Waals surface area contributed by atoms with Gasteiger partial charge in [0.1, 0.15) is 0 Å². The first-order valence-corrected chi connectivity index (χ1v) is 3.60. The SMILES string of the molecule is CC(C)(C)[C-]=O.CC(C)[C-]=O.[Y].[Y]. The predicted octanol–water partition coefficient (Wildman–Crippen LogP) is 1.89. The van der Waals surface area contributed by atoms with Gasteiger partial charge in [0.2, 0.25) is 0 Å². The van der Waals surface area contributed by atoms with Crippen LogP contribution in [-0.4, -0.2) is 12.6 Å². The van der Waals surface area contributed by atoms with E-state index >= 15 is 0 Å². The minimum absolute atomic E-state index is 0. The van der Waals surface area contributed by atoms with E-state index in [0.717, 1.165) is 0 Å². The van der Waals surface area contributed by atoms with Crippen LogP contribution in [-0.2, 0) is 75.0 Å². The van der Waals surface area contributed by atoms with Crippen LogP contribution in [0.25, 0.3) is 0 Å². The van der Waals surface area contributed by atoms with Crippen LogP contribution < -0.4 is 0 Å². The Morgan fingerprint density at radius 3 is 1.15 bits per heavy atom. The Balaban J connectivity index is -0.0000000546. The molecule has 0 fully saturated rings. The number of carbonyl (C=O) groups excluding carboxylic acids is 2. The van der Waals surface area contributed by atoms with Crippen LogP contribution >= 0.6 is 0 Å². The van der Waals surface area contributed by atoms with Crippen molar-refractivity contribution >= 4 is 12.6 Å². The average Bonchev–Trinajstić information content (AvgIpc) is 1.88. The van der Waals surface area contributed by atoms with Crippen molar-refractivity contribution in [2.75, 3.05) is 0 Å².